The summed E-state index contributed by atoms with van der Waals surface area (Å²) in [5.41, 5.74) is 2.65. The van der Waals surface area contributed by atoms with Crippen molar-refractivity contribution in [3.63, 3.8) is 0 Å². The van der Waals surface area contributed by atoms with Gasteiger partial charge in [-0.3, -0.25) is 10.7 Å². The molecular formula is C9H12N4O2. The molecule has 6 heteroatoms. The van der Waals surface area contributed by atoms with Crippen LogP contribution in [0.1, 0.15) is 6.92 Å². The molecule has 0 saturated carbocycles. The Bertz CT molecular complexity index is 416. The third-order valence-electron chi connectivity index (χ3n) is 1.56. The van der Waals surface area contributed by atoms with Gasteiger partial charge in [-0.25, -0.2) is 0 Å². The first kappa shape index (κ1) is 11.3. The molecule has 1 heterocycles. The van der Waals surface area contributed by atoms with Crippen molar-refractivity contribution in [2.24, 2.45) is 0 Å². The molecule has 2 rings (SSSR count). The summed E-state index contributed by atoms with van der Waals surface area (Å²) in [6.07, 6.45) is 0. The molecule has 0 aliphatic carbocycles. The van der Waals surface area contributed by atoms with Crippen LogP contribution in [0.2, 0.25) is 0 Å². The van der Waals surface area contributed by atoms with Crippen molar-refractivity contribution >= 4 is 16.7 Å². The molecule has 0 amide bonds. The molecule has 1 aromatic carbocycles. The molecule has 80 valence electrons. The average Bonchev–Trinajstić information content (AvgIpc) is 2.29. The summed E-state index contributed by atoms with van der Waals surface area (Å²) in [7, 11) is 0. The summed E-state index contributed by atoms with van der Waals surface area (Å²) in [6, 6.07) is 7.28. The topological polar surface area (TPSA) is 91.2 Å². The molecule has 0 bridgehead atoms. The Morgan fingerprint density at radius 1 is 1.27 bits per heavy atom. The standard InChI is InChI=1S/C7H6N4O.C2H6O/c12-10-7-5-3-1-2-4-6(5)8-11-9-7;1-2-3/h1-4,12H,(H,8,9,10);3H,2H2,1H3. The zero-order valence-corrected chi connectivity index (χ0v) is 8.25. The number of aromatic nitrogens is 3. The second kappa shape index (κ2) is 5.84. The quantitative estimate of drug-likeness (QED) is 0.601. The van der Waals surface area contributed by atoms with Crippen molar-refractivity contribution in [1.82, 2.24) is 15.4 Å². The summed E-state index contributed by atoms with van der Waals surface area (Å²) >= 11 is 0. The van der Waals surface area contributed by atoms with Crippen molar-refractivity contribution in [2.75, 3.05) is 12.1 Å². The monoisotopic (exact) mass is 208 g/mol. The van der Waals surface area contributed by atoms with Gasteiger partial charge < -0.3 is 5.11 Å². The van der Waals surface area contributed by atoms with Crippen LogP contribution < -0.4 is 5.48 Å². The van der Waals surface area contributed by atoms with Gasteiger partial charge in [0.2, 0.25) is 0 Å². The summed E-state index contributed by atoms with van der Waals surface area (Å²) in [5.74, 6) is 0.320. The van der Waals surface area contributed by atoms with Gasteiger partial charge in [-0.15, -0.1) is 10.2 Å². The summed E-state index contributed by atoms with van der Waals surface area (Å²) in [4.78, 5) is 0. The minimum Gasteiger partial charge on any atom is -0.397 e. The van der Waals surface area contributed by atoms with Crippen LogP contribution in [0.15, 0.2) is 24.3 Å². The van der Waals surface area contributed by atoms with Gasteiger partial charge in [0.05, 0.1) is 5.52 Å². The molecule has 15 heavy (non-hydrogen) atoms. The molecule has 0 unspecified atom stereocenters. The first-order chi connectivity index (χ1) is 7.33. The molecule has 0 radical (unpaired) electrons. The minimum absolute atomic E-state index is 0.250. The summed E-state index contributed by atoms with van der Waals surface area (Å²) in [6.45, 7) is 1.93. The van der Waals surface area contributed by atoms with Gasteiger partial charge in [-0.2, -0.15) is 0 Å². The number of anilines is 1. The van der Waals surface area contributed by atoms with Crippen molar-refractivity contribution in [3.05, 3.63) is 24.3 Å². The number of nitrogens with one attached hydrogen (secondary N) is 1. The lowest BCUT2D eigenvalue weighted by Crippen LogP contribution is -1.98. The molecule has 0 aliphatic heterocycles. The maximum Gasteiger partial charge on any atom is 0.183 e. The zero-order chi connectivity index (χ0) is 11.1. The van der Waals surface area contributed by atoms with Crippen LogP contribution >= 0.6 is 0 Å². The van der Waals surface area contributed by atoms with Crippen LogP contribution in [0, 0.1) is 0 Å². The fourth-order valence-corrected chi connectivity index (χ4v) is 1.01. The Morgan fingerprint density at radius 2 is 1.93 bits per heavy atom. The number of fused-ring (bicyclic) bond motifs is 1. The van der Waals surface area contributed by atoms with E-state index in [1.807, 2.05) is 17.6 Å². The molecule has 2 aromatic rings. The van der Waals surface area contributed by atoms with Gasteiger partial charge in [0.1, 0.15) is 0 Å². The highest BCUT2D eigenvalue weighted by atomic mass is 16.5. The van der Waals surface area contributed by atoms with E-state index in [1.165, 1.54) is 0 Å². The summed E-state index contributed by atoms with van der Waals surface area (Å²) < 4.78 is 0. The molecular weight excluding hydrogens is 196 g/mol. The summed E-state index contributed by atoms with van der Waals surface area (Å²) in [5, 5.41) is 27.8. The highest BCUT2D eigenvalue weighted by Crippen LogP contribution is 2.15. The Morgan fingerprint density at radius 3 is 2.60 bits per heavy atom. The molecule has 0 saturated heterocycles. The van der Waals surface area contributed by atoms with Gasteiger partial charge >= 0.3 is 0 Å². The largest absolute Gasteiger partial charge is 0.397 e. The molecule has 0 atom stereocenters. The lowest BCUT2D eigenvalue weighted by atomic mass is 10.2. The van der Waals surface area contributed by atoms with E-state index in [4.69, 9.17) is 10.3 Å². The Labute approximate surface area is 86.5 Å². The predicted octanol–water partition coefficient (Wildman–Crippen LogP) is 0.824. The first-order valence-corrected chi connectivity index (χ1v) is 4.42. The first-order valence-electron chi connectivity index (χ1n) is 4.42. The van der Waals surface area contributed by atoms with E-state index in [0.717, 1.165) is 5.39 Å². The van der Waals surface area contributed by atoms with Crippen LogP contribution in [0.5, 0.6) is 0 Å². The number of benzene rings is 1. The molecule has 0 aliphatic rings. The second-order valence-corrected chi connectivity index (χ2v) is 2.58. The maximum absolute atomic E-state index is 8.66. The maximum atomic E-state index is 8.66. The van der Waals surface area contributed by atoms with E-state index < -0.39 is 0 Å². The lowest BCUT2D eigenvalue weighted by molar-refractivity contribution is 0.318. The number of nitrogens with zero attached hydrogens (tertiary/aromatic N) is 3. The van der Waals surface area contributed by atoms with Gasteiger partial charge in [0.15, 0.2) is 5.82 Å². The number of aliphatic hydroxyl groups excluding tert-OH is 1. The van der Waals surface area contributed by atoms with Crippen LogP contribution in [0.3, 0.4) is 0 Å². The molecule has 1 aromatic heterocycles. The average molecular weight is 208 g/mol. The normalized spacial score (nSPS) is 9.27. The third kappa shape index (κ3) is 2.83. The van der Waals surface area contributed by atoms with Crippen LogP contribution in [-0.4, -0.2) is 32.3 Å². The van der Waals surface area contributed by atoms with Crippen LogP contribution in [-0.2, 0) is 0 Å². The van der Waals surface area contributed by atoms with Crippen molar-refractivity contribution in [2.45, 2.75) is 6.92 Å². The molecule has 3 N–H and O–H groups in total. The van der Waals surface area contributed by atoms with E-state index in [9.17, 15) is 0 Å². The van der Waals surface area contributed by atoms with Crippen LogP contribution in [0.4, 0.5) is 5.82 Å². The molecule has 6 nitrogen and oxygen atoms in total. The SMILES string of the molecule is CCO.ONc1nnnc2ccccc12. The Hall–Kier alpha value is -1.79. The number of hydrogen-bond acceptors (Lipinski definition) is 6. The second-order valence-electron chi connectivity index (χ2n) is 2.58. The molecule has 0 spiro atoms. The zero-order valence-electron chi connectivity index (χ0n) is 8.25. The fourth-order valence-electron chi connectivity index (χ4n) is 1.01. The lowest BCUT2D eigenvalue weighted by Gasteiger charge is -1.99. The fraction of sp³-hybridized carbons (Fsp3) is 0.222. The Kier molecular flexibility index (Phi) is 4.39. The van der Waals surface area contributed by atoms with E-state index in [0.29, 0.717) is 11.3 Å². The smallest absolute Gasteiger partial charge is 0.183 e. The highest BCUT2D eigenvalue weighted by molar-refractivity contribution is 5.87. The number of hydrogen-bond donors (Lipinski definition) is 3. The third-order valence-corrected chi connectivity index (χ3v) is 1.56. The van der Waals surface area contributed by atoms with E-state index in [1.54, 1.807) is 19.1 Å². The van der Waals surface area contributed by atoms with Gasteiger partial charge in [-0.05, 0) is 24.3 Å². The van der Waals surface area contributed by atoms with Gasteiger partial charge in [0.25, 0.3) is 0 Å². The van der Waals surface area contributed by atoms with E-state index in [-0.39, 0.29) is 6.61 Å². The van der Waals surface area contributed by atoms with E-state index in [2.05, 4.69) is 15.4 Å². The van der Waals surface area contributed by atoms with Crippen molar-refractivity contribution in [3.8, 4) is 0 Å². The number of aliphatic hydroxyl groups is 1. The van der Waals surface area contributed by atoms with E-state index >= 15 is 0 Å². The Balaban J connectivity index is 0.000000337. The van der Waals surface area contributed by atoms with Gasteiger partial charge in [-0.1, -0.05) is 12.1 Å². The van der Waals surface area contributed by atoms with Crippen LogP contribution in [0.25, 0.3) is 10.9 Å². The minimum atomic E-state index is 0.250. The predicted molar refractivity (Wildman–Crippen MR) is 55.5 cm³/mol. The highest BCUT2D eigenvalue weighted by Gasteiger charge is 2.00. The van der Waals surface area contributed by atoms with Gasteiger partial charge in [0, 0.05) is 12.0 Å². The molecule has 0 fully saturated rings. The van der Waals surface area contributed by atoms with Crippen molar-refractivity contribution < 1.29 is 10.3 Å². The number of rotatable bonds is 1. The van der Waals surface area contributed by atoms with Crippen molar-refractivity contribution in [1.29, 1.82) is 0 Å².